The van der Waals surface area contributed by atoms with Gasteiger partial charge in [0.25, 0.3) is 5.91 Å². The molecule has 122 valence electrons. The second-order valence-electron chi connectivity index (χ2n) is 5.54. The molecule has 0 radical (unpaired) electrons. The van der Waals surface area contributed by atoms with Crippen LogP contribution in [0.25, 0.3) is 0 Å². The van der Waals surface area contributed by atoms with Gasteiger partial charge in [-0.25, -0.2) is 9.78 Å². The number of nitrogens with one attached hydrogen (secondary N) is 3. The van der Waals surface area contributed by atoms with Gasteiger partial charge in [-0.3, -0.25) is 4.79 Å². The Bertz CT molecular complexity index is 717. The normalized spacial score (nSPS) is 20.9. The molecule has 1 saturated carbocycles. The van der Waals surface area contributed by atoms with Gasteiger partial charge in [-0.2, -0.15) is 0 Å². The quantitative estimate of drug-likeness (QED) is 0.793. The van der Waals surface area contributed by atoms with Crippen LogP contribution in [0.3, 0.4) is 0 Å². The molecular weight excluding hydrogens is 320 g/mol. The number of H-pyrrole nitrogens is 2. The maximum atomic E-state index is 12.0. The number of aromatic nitrogens is 3. The SMILES string of the molecule is O=C(NC1CCC(Oc2ccc(Cl)cn2)CC1)c1c[nH]c(=O)[nH]1. The van der Waals surface area contributed by atoms with Gasteiger partial charge < -0.3 is 20.0 Å². The van der Waals surface area contributed by atoms with Crippen LogP contribution in [0.4, 0.5) is 0 Å². The van der Waals surface area contributed by atoms with E-state index in [0.717, 1.165) is 25.7 Å². The van der Waals surface area contributed by atoms with Crippen molar-refractivity contribution in [2.75, 3.05) is 0 Å². The third kappa shape index (κ3) is 4.13. The molecule has 23 heavy (non-hydrogen) atoms. The summed E-state index contributed by atoms with van der Waals surface area (Å²) in [6, 6.07) is 3.57. The first-order valence-corrected chi connectivity index (χ1v) is 7.85. The predicted octanol–water partition coefficient (Wildman–Crippen LogP) is 1.87. The van der Waals surface area contributed by atoms with E-state index in [2.05, 4.69) is 20.3 Å². The third-order valence-electron chi connectivity index (χ3n) is 3.84. The second-order valence-corrected chi connectivity index (χ2v) is 5.97. The summed E-state index contributed by atoms with van der Waals surface area (Å²) in [5.41, 5.74) is -0.138. The largest absolute Gasteiger partial charge is 0.474 e. The number of halogens is 1. The third-order valence-corrected chi connectivity index (χ3v) is 4.06. The van der Waals surface area contributed by atoms with Crippen LogP contribution >= 0.6 is 11.6 Å². The number of amides is 1. The summed E-state index contributed by atoms with van der Waals surface area (Å²) >= 11 is 5.79. The van der Waals surface area contributed by atoms with E-state index in [4.69, 9.17) is 16.3 Å². The number of hydrogen-bond acceptors (Lipinski definition) is 4. The van der Waals surface area contributed by atoms with Gasteiger partial charge in [-0.15, -0.1) is 0 Å². The topological polar surface area (TPSA) is 99.9 Å². The molecule has 3 N–H and O–H groups in total. The zero-order chi connectivity index (χ0) is 16.2. The van der Waals surface area contributed by atoms with Crippen LogP contribution < -0.4 is 15.7 Å². The highest BCUT2D eigenvalue weighted by atomic mass is 35.5. The van der Waals surface area contributed by atoms with E-state index in [1.165, 1.54) is 6.20 Å². The van der Waals surface area contributed by atoms with Crippen molar-refractivity contribution in [3.05, 3.63) is 45.7 Å². The molecule has 1 aliphatic rings. The molecule has 0 spiro atoms. The zero-order valence-corrected chi connectivity index (χ0v) is 13.1. The summed E-state index contributed by atoms with van der Waals surface area (Å²) in [4.78, 5) is 32.0. The van der Waals surface area contributed by atoms with Gasteiger partial charge in [0.05, 0.1) is 5.02 Å². The predicted molar refractivity (Wildman–Crippen MR) is 84.8 cm³/mol. The number of rotatable bonds is 4. The maximum Gasteiger partial charge on any atom is 0.323 e. The maximum absolute atomic E-state index is 12.0. The minimum atomic E-state index is -0.386. The van der Waals surface area contributed by atoms with E-state index in [1.807, 2.05) is 0 Å². The molecule has 1 fully saturated rings. The first-order chi connectivity index (χ1) is 11.1. The Balaban J connectivity index is 1.47. The molecular formula is C15H17ClN4O3. The molecule has 0 aromatic carbocycles. The van der Waals surface area contributed by atoms with Crippen molar-refractivity contribution in [1.82, 2.24) is 20.3 Å². The fourth-order valence-electron chi connectivity index (χ4n) is 2.65. The van der Waals surface area contributed by atoms with E-state index >= 15 is 0 Å². The van der Waals surface area contributed by atoms with Crippen LogP contribution in [0, 0.1) is 0 Å². The molecule has 0 saturated heterocycles. The summed E-state index contributed by atoms with van der Waals surface area (Å²) in [5, 5.41) is 3.50. The molecule has 0 atom stereocenters. The summed E-state index contributed by atoms with van der Waals surface area (Å²) in [5.74, 6) is 0.291. The van der Waals surface area contributed by atoms with Gasteiger partial charge >= 0.3 is 5.69 Å². The molecule has 1 aliphatic carbocycles. The highest BCUT2D eigenvalue weighted by Gasteiger charge is 2.24. The lowest BCUT2D eigenvalue weighted by atomic mass is 9.93. The Hall–Kier alpha value is -2.28. The average Bonchev–Trinajstić information content (AvgIpc) is 2.98. The number of imidazole rings is 1. The molecule has 3 rings (SSSR count). The van der Waals surface area contributed by atoms with E-state index in [0.29, 0.717) is 10.9 Å². The Morgan fingerprint density at radius 2 is 2.09 bits per heavy atom. The molecule has 8 heteroatoms. The molecule has 0 bridgehead atoms. The first-order valence-electron chi connectivity index (χ1n) is 7.47. The van der Waals surface area contributed by atoms with Crippen molar-refractivity contribution in [1.29, 1.82) is 0 Å². The van der Waals surface area contributed by atoms with Crippen molar-refractivity contribution in [2.45, 2.75) is 37.8 Å². The van der Waals surface area contributed by atoms with Crippen molar-refractivity contribution in [2.24, 2.45) is 0 Å². The summed E-state index contributed by atoms with van der Waals surface area (Å²) in [6.07, 6.45) is 6.32. The van der Waals surface area contributed by atoms with Crippen LogP contribution in [-0.4, -0.2) is 33.0 Å². The first kappa shape index (κ1) is 15.6. The minimum absolute atomic E-state index is 0.0823. The van der Waals surface area contributed by atoms with Gasteiger partial charge in [0.15, 0.2) is 0 Å². The van der Waals surface area contributed by atoms with Crippen LogP contribution in [0.15, 0.2) is 29.3 Å². The van der Waals surface area contributed by atoms with E-state index < -0.39 is 0 Å². The lowest BCUT2D eigenvalue weighted by Crippen LogP contribution is -2.40. The van der Waals surface area contributed by atoms with E-state index in [9.17, 15) is 9.59 Å². The second kappa shape index (κ2) is 6.87. The van der Waals surface area contributed by atoms with Gasteiger partial charge in [0, 0.05) is 24.5 Å². The number of carbonyl (C=O) groups excluding carboxylic acids is 1. The van der Waals surface area contributed by atoms with Gasteiger partial charge in [-0.1, -0.05) is 11.6 Å². The van der Waals surface area contributed by atoms with Crippen LogP contribution in [0.2, 0.25) is 5.02 Å². The number of pyridine rings is 1. The summed E-state index contributed by atoms with van der Waals surface area (Å²) in [6.45, 7) is 0. The van der Waals surface area contributed by atoms with Crippen LogP contribution in [0.5, 0.6) is 5.88 Å². The molecule has 0 unspecified atom stereocenters. The fraction of sp³-hybridized carbons (Fsp3) is 0.400. The molecule has 0 aliphatic heterocycles. The lowest BCUT2D eigenvalue weighted by molar-refractivity contribution is 0.0885. The van der Waals surface area contributed by atoms with E-state index in [1.54, 1.807) is 18.3 Å². The highest BCUT2D eigenvalue weighted by molar-refractivity contribution is 6.30. The number of ether oxygens (including phenoxy) is 1. The lowest BCUT2D eigenvalue weighted by Gasteiger charge is -2.29. The van der Waals surface area contributed by atoms with Crippen molar-refractivity contribution in [3.8, 4) is 5.88 Å². The Kier molecular flexibility index (Phi) is 4.66. The number of nitrogens with zero attached hydrogens (tertiary/aromatic N) is 1. The number of carbonyl (C=O) groups is 1. The highest BCUT2D eigenvalue weighted by Crippen LogP contribution is 2.23. The zero-order valence-electron chi connectivity index (χ0n) is 12.3. The standard InChI is InChI=1S/C15H17ClN4O3/c16-9-1-6-13(17-7-9)23-11-4-2-10(3-5-11)19-14(21)12-8-18-15(22)20-12/h1,6-8,10-11H,2-5H2,(H,19,21)(H2,18,20,22). The molecule has 2 aromatic heterocycles. The molecule has 2 aromatic rings. The van der Waals surface area contributed by atoms with Crippen LogP contribution in [-0.2, 0) is 0 Å². The Morgan fingerprint density at radius 1 is 1.30 bits per heavy atom. The smallest absolute Gasteiger partial charge is 0.323 e. The van der Waals surface area contributed by atoms with Crippen molar-refractivity contribution < 1.29 is 9.53 Å². The molecule has 1 amide bonds. The fourth-order valence-corrected chi connectivity index (χ4v) is 2.76. The van der Waals surface area contributed by atoms with Crippen molar-refractivity contribution in [3.63, 3.8) is 0 Å². The molecule has 7 nitrogen and oxygen atoms in total. The van der Waals surface area contributed by atoms with Crippen LogP contribution in [0.1, 0.15) is 36.2 Å². The molecule has 2 heterocycles. The Labute approximate surface area is 137 Å². The number of hydrogen-bond donors (Lipinski definition) is 3. The van der Waals surface area contributed by atoms with Gasteiger partial charge in [-0.05, 0) is 31.7 Å². The van der Waals surface area contributed by atoms with Crippen molar-refractivity contribution >= 4 is 17.5 Å². The monoisotopic (exact) mass is 336 g/mol. The minimum Gasteiger partial charge on any atom is -0.474 e. The summed E-state index contributed by atoms with van der Waals surface area (Å²) in [7, 11) is 0. The summed E-state index contributed by atoms with van der Waals surface area (Å²) < 4.78 is 5.82. The Morgan fingerprint density at radius 3 is 2.70 bits per heavy atom. The van der Waals surface area contributed by atoms with Gasteiger partial charge in [0.1, 0.15) is 11.8 Å². The van der Waals surface area contributed by atoms with Gasteiger partial charge in [0.2, 0.25) is 5.88 Å². The average molecular weight is 337 g/mol. The number of aromatic amines is 2. The van der Waals surface area contributed by atoms with E-state index in [-0.39, 0.29) is 29.4 Å².